The summed E-state index contributed by atoms with van der Waals surface area (Å²) in [7, 11) is 4.49. The summed E-state index contributed by atoms with van der Waals surface area (Å²) < 4.78 is 15.9. The Balaban J connectivity index is 1.74. The lowest BCUT2D eigenvalue weighted by Gasteiger charge is -2.22. The van der Waals surface area contributed by atoms with Crippen molar-refractivity contribution >= 4 is 17.5 Å². The van der Waals surface area contributed by atoms with Crippen molar-refractivity contribution < 1.29 is 23.8 Å². The Kier molecular flexibility index (Phi) is 7.17. The quantitative estimate of drug-likeness (QED) is 0.717. The Morgan fingerprint density at radius 3 is 2.10 bits per heavy atom. The fourth-order valence-electron chi connectivity index (χ4n) is 3.67. The van der Waals surface area contributed by atoms with Gasteiger partial charge in [-0.2, -0.15) is 0 Å². The Labute approximate surface area is 176 Å². The van der Waals surface area contributed by atoms with Gasteiger partial charge in [-0.1, -0.05) is 25.3 Å². The number of hydrogen-bond acceptors (Lipinski definition) is 5. The fraction of sp³-hybridized carbons (Fsp3) is 0.391. The van der Waals surface area contributed by atoms with E-state index in [9.17, 15) is 9.59 Å². The number of amides is 2. The summed E-state index contributed by atoms with van der Waals surface area (Å²) in [6.45, 7) is 0. The van der Waals surface area contributed by atoms with Gasteiger partial charge in [0.2, 0.25) is 5.75 Å². The fourth-order valence-corrected chi connectivity index (χ4v) is 3.67. The van der Waals surface area contributed by atoms with E-state index < -0.39 is 0 Å². The zero-order chi connectivity index (χ0) is 21.5. The number of carbonyl (C=O) groups is 2. The summed E-state index contributed by atoms with van der Waals surface area (Å²) in [5.74, 6) is 0.730. The van der Waals surface area contributed by atoms with E-state index in [1.165, 1.54) is 27.8 Å². The van der Waals surface area contributed by atoms with Crippen LogP contribution in [0.15, 0.2) is 36.4 Å². The average molecular weight is 412 g/mol. The van der Waals surface area contributed by atoms with Crippen molar-refractivity contribution in [1.82, 2.24) is 5.32 Å². The summed E-state index contributed by atoms with van der Waals surface area (Å²) in [5, 5.41) is 5.92. The largest absolute Gasteiger partial charge is 0.493 e. The number of anilines is 1. The van der Waals surface area contributed by atoms with Crippen LogP contribution in [-0.4, -0.2) is 39.2 Å². The third-order valence-corrected chi connectivity index (χ3v) is 5.25. The second-order valence-corrected chi connectivity index (χ2v) is 7.26. The molecule has 0 aromatic heterocycles. The molecule has 0 unspecified atom stereocenters. The van der Waals surface area contributed by atoms with Gasteiger partial charge in [0.25, 0.3) is 11.8 Å². The van der Waals surface area contributed by atoms with Gasteiger partial charge < -0.3 is 24.8 Å². The Morgan fingerprint density at radius 1 is 0.833 bits per heavy atom. The van der Waals surface area contributed by atoms with E-state index in [0.29, 0.717) is 34.1 Å². The highest BCUT2D eigenvalue weighted by Gasteiger charge is 2.19. The van der Waals surface area contributed by atoms with E-state index in [0.717, 1.165) is 25.7 Å². The second-order valence-electron chi connectivity index (χ2n) is 7.26. The summed E-state index contributed by atoms with van der Waals surface area (Å²) in [6, 6.07) is 10.3. The van der Waals surface area contributed by atoms with Crippen molar-refractivity contribution in [2.75, 3.05) is 26.6 Å². The van der Waals surface area contributed by atoms with E-state index in [4.69, 9.17) is 14.2 Å². The lowest BCUT2D eigenvalue weighted by molar-refractivity contribution is 0.0926. The maximum atomic E-state index is 12.8. The molecule has 7 nitrogen and oxygen atoms in total. The Morgan fingerprint density at radius 2 is 1.50 bits per heavy atom. The summed E-state index contributed by atoms with van der Waals surface area (Å²) in [6.07, 6.45) is 5.56. The van der Waals surface area contributed by atoms with Crippen LogP contribution in [0.3, 0.4) is 0 Å². The maximum absolute atomic E-state index is 12.8. The van der Waals surface area contributed by atoms with Crippen LogP contribution in [0.25, 0.3) is 0 Å². The molecule has 2 N–H and O–H groups in total. The molecule has 30 heavy (non-hydrogen) atoms. The molecule has 0 heterocycles. The van der Waals surface area contributed by atoms with Crippen molar-refractivity contribution in [1.29, 1.82) is 0 Å². The molecular weight excluding hydrogens is 384 g/mol. The Hall–Kier alpha value is -3.22. The number of rotatable bonds is 7. The number of ether oxygens (including phenoxy) is 3. The van der Waals surface area contributed by atoms with Gasteiger partial charge in [-0.15, -0.1) is 0 Å². The van der Waals surface area contributed by atoms with E-state index in [-0.39, 0.29) is 17.9 Å². The molecule has 0 saturated heterocycles. The van der Waals surface area contributed by atoms with Crippen molar-refractivity contribution in [3.8, 4) is 17.2 Å². The lowest BCUT2D eigenvalue weighted by Crippen LogP contribution is -2.36. The van der Waals surface area contributed by atoms with Crippen LogP contribution in [0, 0.1) is 0 Å². The second kappa shape index (κ2) is 10.0. The molecule has 2 aromatic rings. The SMILES string of the molecule is COc1cc(C(=O)Nc2cccc(C(=O)NC3CCCCC3)c2)cc(OC)c1OC. The zero-order valence-corrected chi connectivity index (χ0v) is 17.6. The van der Waals surface area contributed by atoms with Crippen LogP contribution in [0.5, 0.6) is 17.2 Å². The van der Waals surface area contributed by atoms with Crippen molar-refractivity contribution in [3.63, 3.8) is 0 Å². The number of hydrogen-bond donors (Lipinski definition) is 2. The molecule has 1 saturated carbocycles. The van der Waals surface area contributed by atoms with Crippen molar-refractivity contribution in [2.45, 2.75) is 38.1 Å². The molecule has 1 fully saturated rings. The van der Waals surface area contributed by atoms with Gasteiger partial charge in [0.05, 0.1) is 21.3 Å². The highest BCUT2D eigenvalue weighted by Crippen LogP contribution is 2.38. The smallest absolute Gasteiger partial charge is 0.255 e. The third-order valence-electron chi connectivity index (χ3n) is 5.25. The van der Waals surface area contributed by atoms with E-state index in [1.54, 1.807) is 36.4 Å². The first-order valence-corrected chi connectivity index (χ1v) is 10.1. The highest BCUT2D eigenvalue weighted by molar-refractivity contribution is 6.06. The first kappa shape index (κ1) is 21.5. The molecule has 0 radical (unpaired) electrons. The van der Waals surface area contributed by atoms with E-state index in [1.807, 2.05) is 0 Å². The van der Waals surface area contributed by atoms with E-state index >= 15 is 0 Å². The molecular formula is C23H28N2O5. The number of carbonyl (C=O) groups excluding carboxylic acids is 2. The molecule has 3 rings (SSSR count). The topological polar surface area (TPSA) is 85.9 Å². The predicted molar refractivity (Wildman–Crippen MR) is 115 cm³/mol. The molecule has 1 aliphatic rings. The summed E-state index contributed by atoms with van der Waals surface area (Å²) >= 11 is 0. The van der Waals surface area contributed by atoms with Crippen molar-refractivity contribution in [3.05, 3.63) is 47.5 Å². The standard InChI is InChI=1S/C23H28N2O5/c1-28-19-13-16(14-20(29-2)21(19)30-3)23(27)25-18-11-7-8-15(12-18)22(26)24-17-9-5-4-6-10-17/h7-8,11-14,17H,4-6,9-10H2,1-3H3,(H,24,26)(H,25,27). The lowest BCUT2D eigenvalue weighted by atomic mass is 9.95. The van der Waals surface area contributed by atoms with Gasteiger partial charge in [-0.05, 0) is 43.2 Å². The molecule has 0 aliphatic heterocycles. The van der Waals surface area contributed by atoms with Crippen LogP contribution in [0.2, 0.25) is 0 Å². The average Bonchev–Trinajstić information content (AvgIpc) is 2.78. The van der Waals surface area contributed by atoms with Crippen LogP contribution in [0.1, 0.15) is 52.8 Å². The minimum atomic E-state index is -0.348. The van der Waals surface area contributed by atoms with Gasteiger partial charge in [0, 0.05) is 22.9 Å². The first-order chi connectivity index (χ1) is 14.5. The Bertz CT molecular complexity index is 881. The van der Waals surface area contributed by atoms with Crippen LogP contribution < -0.4 is 24.8 Å². The normalized spacial score (nSPS) is 14.0. The molecule has 7 heteroatoms. The van der Waals surface area contributed by atoms with Gasteiger partial charge >= 0.3 is 0 Å². The van der Waals surface area contributed by atoms with Crippen LogP contribution >= 0.6 is 0 Å². The number of nitrogens with one attached hydrogen (secondary N) is 2. The number of benzene rings is 2. The summed E-state index contributed by atoms with van der Waals surface area (Å²) in [4.78, 5) is 25.4. The molecule has 0 atom stereocenters. The summed E-state index contributed by atoms with van der Waals surface area (Å²) in [5.41, 5.74) is 1.40. The number of methoxy groups -OCH3 is 3. The van der Waals surface area contributed by atoms with Crippen molar-refractivity contribution in [2.24, 2.45) is 0 Å². The molecule has 0 spiro atoms. The first-order valence-electron chi connectivity index (χ1n) is 10.1. The van der Waals surface area contributed by atoms with Gasteiger partial charge in [-0.25, -0.2) is 0 Å². The highest BCUT2D eigenvalue weighted by atomic mass is 16.5. The minimum Gasteiger partial charge on any atom is -0.493 e. The molecule has 2 aromatic carbocycles. The predicted octanol–water partition coefficient (Wildman–Crippen LogP) is 4.03. The van der Waals surface area contributed by atoms with Gasteiger partial charge in [0.15, 0.2) is 11.5 Å². The van der Waals surface area contributed by atoms with Gasteiger partial charge in [0.1, 0.15) is 0 Å². The molecule has 1 aliphatic carbocycles. The zero-order valence-electron chi connectivity index (χ0n) is 17.6. The molecule has 160 valence electrons. The maximum Gasteiger partial charge on any atom is 0.255 e. The van der Waals surface area contributed by atoms with Crippen LogP contribution in [0.4, 0.5) is 5.69 Å². The van der Waals surface area contributed by atoms with Crippen LogP contribution in [-0.2, 0) is 0 Å². The molecule has 2 amide bonds. The minimum absolute atomic E-state index is 0.120. The van der Waals surface area contributed by atoms with Gasteiger partial charge in [-0.3, -0.25) is 9.59 Å². The monoisotopic (exact) mass is 412 g/mol. The van der Waals surface area contributed by atoms with E-state index in [2.05, 4.69) is 10.6 Å². The third kappa shape index (κ3) is 5.03. The molecule has 0 bridgehead atoms.